The zero-order valence-corrected chi connectivity index (χ0v) is 11.4. The van der Waals surface area contributed by atoms with Crippen LogP contribution in [0.4, 0.5) is 5.82 Å². The second-order valence-corrected chi connectivity index (χ2v) is 5.16. The second-order valence-electron chi connectivity index (χ2n) is 5.16. The highest BCUT2D eigenvalue weighted by atomic mass is 16.2. The van der Waals surface area contributed by atoms with E-state index in [-0.39, 0.29) is 11.6 Å². The Kier molecular flexibility index (Phi) is 2.93. The van der Waals surface area contributed by atoms with E-state index in [2.05, 4.69) is 15.3 Å². The van der Waals surface area contributed by atoms with Gasteiger partial charge in [-0.2, -0.15) is 0 Å². The number of nitrogens with zero attached hydrogens (tertiary/aromatic N) is 2. The lowest BCUT2D eigenvalue weighted by atomic mass is 10.1. The van der Waals surface area contributed by atoms with Crippen LogP contribution in [0.3, 0.4) is 0 Å². The lowest BCUT2D eigenvalue weighted by Crippen LogP contribution is -2.22. The van der Waals surface area contributed by atoms with E-state index < -0.39 is 0 Å². The summed E-state index contributed by atoms with van der Waals surface area (Å²) < 4.78 is 1.28. The van der Waals surface area contributed by atoms with Crippen LogP contribution in [-0.2, 0) is 7.05 Å². The van der Waals surface area contributed by atoms with Gasteiger partial charge in [0.25, 0.3) is 5.91 Å². The van der Waals surface area contributed by atoms with Gasteiger partial charge in [-0.05, 0) is 37.3 Å². The molecule has 2 aromatic rings. The number of pyridine rings is 1. The fraction of sp³-hybridized carbons (Fsp3) is 0.357. The van der Waals surface area contributed by atoms with E-state index in [4.69, 9.17) is 0 Å². The van der Waals surface area contributed by atoms with Gasteiger partial charge in [0.05, 0.1) is 0 Å². The Morgan fingerprint density at radius 2 is 2.25 bits per heavy atom. The van der Waals surface area contributed by atoms with E-state index in [0.717, 1.165) is 24.0 Å². The Morgan fingerprint density at radius 3 is 2.85 bits per heavy atom. The SMILES string of the molecule is Cc1ccnc(NC(=O)c2c[nH]c(=O)n2C)c1C1CC1. The predicted octanol–water partition coefficient (Wildman–Crippen LogP) is 1.55. The van der Waals surface area contributed by atoms with Crippen molar-refractivity contribution in [3.63, 3.8) is 0 Å². The highest BCUT2D eigenvalue weighted by Gasteiger charge is 2.29. The normalized spacial score (nSPS) is 14.3. The van der Waals surface area contributed by atoms with Gasteiger partial charge >= 0.3 is 5.69 Å². The average Bonchev–Trinajstić information content (AvgIpc) is 3.17. The number of carbonyl (C=O) groups is 1. The Morgan fingerprint density at radius 1 is 1.50 bits per heavy atom. The third-order valence-corrected chi connectivity index (χ3v) is 3.66. The fourth-order valence-electron chi connectivity index (χ4n) is 2.38. The van der Waals surface area contributed by atoms with Crippen molar-refractivity contribution in [1.29, 1.82) is 0 Å². The number of carbonyl (C=O) groups excluding carboxylic acids is 1. The molecule has 6 heteroatoms. The summed E-state index contributed by atoms with van der Waals surface area (Å²) in [6.45, 7) is 2.02. The zero-order chi connectivity index (χ0) is 14.3. The van der Waals surface area contributed by atoms with Crippen LogP contribution in [0.5, 0.6) is 0 Å². The van der Waals surface area contributed by atoms with E-state index in [1.54, 1.807) is 13.2 Å². The van der Waals surface area contributed by atoms with Gasteiger partial charge in [-0.15, -0.1) is 0 Å². The number of aromatic amines is 1. The number of hydrogen-bond donors (Lipinski definition) is 2. The first-order valence-corrected chi connectivity index (χ1v) is 6.59. The molecular formula is C14H16N4O2. The molecule has 3 rings (SSSR count). The summed E-state index contributed by atoms with van der Waals surface area (Å²) in [6.07, 6.45) is 5.37. The molecule has 1 saturated carbocycles. The molecule has 0 saturated heterocycles. The van der Waals surface area contributed by atoms with Gasteiger partial charge in [0.2, 0.25) is 0 Å². The van der Waals surface area contributed by atoms with E-state index >= 15 is 0 Å². The monoisotopic (exact) mass is 272 g/mol. The fourth-order valence-corrected chi connectivity index (χ4v) is 2.38. The Bertz CT molecular complexity index is 725. The third-order valence-electron chi connectivity index (χ3n) is 3.66. The molecule has 1 aliphatic rings. The molecule has 2 aromatic heterocycles. The van der Waals surface area contributed by atoms with Crippen LogP contribution in [0.25, 0.3) is 0 Å². The van der Waals surface area contributed by atoms with E-state index in [1.165, 1.54) is 10.8 Å². The van der Waals surface area contributed by atoms with Crippen molar-refractivity contribution in [2.45, 2.75) is 25.7 Å². The molecule has 6 nitrogen and oxygen atoms in total. The quantitative estimate of drug-likeness (QED) is 0.889. The molecule has 0 aromatic carbocycles. The molecule has 1 amide bonds. The number of imidazole rings is 1. The van der Waals surface area contributed by atoms with Gasteiger partial charge in [0.15, 0.2) is 0 Å². The zero-order valence-electron chi connectivity index (χ0n) is 11.4. The minimum atomic E-state index is -0.328. The minimum absolute atomic E-state index is 0.292. The number of nitrogens with one attached hydrogen (secondary N) is 2. The maximum atomic E-state index is 12.2. The minimum Gasteiger partial charge on any atom is -0.312 e. The first-order valence-electron chi connectivity index (χ1n) is 6.59. The van der Waals surface area contributed by atoms with Gasteiger partial charge in [0.1, 0.15) is 11.5 Å². The molecule has 2 heterocycles. The molecule has 104 valence electrons. The van der Waals surface area contributed by atoms with E-state index in [9.17, 15) is 9.59 Å². The van der Waals surface area contributed by atoms with Crippen molar-refractivity contribution in [2.75, 3.05) is 5.32 Å². The number of anilines is 1. The van der Waals surface area contributed by atoms with Crippen molar-refractivity contribution in [1.82, 2.24) is 14.5 Å². The Labute approximate surface area is 115 Å². The molecule has 1 fully saturated rings. The van der Waals surface area contributed by atoms with Crippen LogP contribution in [0, 0.1) is 6.92 Å². The molecule has 1 aliphatic carbocycles. The van der Waals surface area contributed by atoms with Crippen LogP contribution in [0.15, 0.2) is 23.3 Å². The Balaban J connectivity index is 1.92. The summed E-state index contributed by atoms with van der Waals surface area (Å²) in [5.41, 5.74) is 2.23. The largest absolute Gasteiger partial charge is 0.325 e. The van der Waals surface area contributed by atoms with Crippen LogP contribution >= 0.6 is 0 Å². The maximum absolute atomic E-state index is 12.2. The summed E-state index contributed by atoms with van der Waals surface area (Å²) in [5.74, 6) is 0.769. The summed E-state index contributed by atoms with van der Waals surface area (Å²) in [4.78, 5) is 30.3. The van der Waals surface area contributed by atoms with Crippen molar-refractivity contribution in [3.8, 4) is 0 Å². The summed E-state index contributed by atoms with van der Waals surface area (Å²) in [6, 6.07) is 1.95. The summed E-state index contributed by atoms with van der Waals surface area (Å²) in [7, 11) is 1.55. The molecule has 0 aliphatic heterocycles. The lowest BCUT2D eigenvalue weighted by molar-refractivity contribution is 0.101. The highest BCUT2D eigenvalue weighted by molar-refractivity contribution is 6.02. The van der Waals surface area contributed by atoms with Gasteiger partial charge in [-0.1, -0.05) is 0 Å². The number of H-pyrrole nitrogens is 1. The highest BCUT2D eigenvalue weighted by Crippen LogP contribution is 2.44. The molecular weight excluding hydrogens is 256 g/mol. The third kappa shape index (κ3) is 2.13. The topological polar surface area (TPSA) is 79.8 Å². The molecule has 0 atom stereocenters. The van der Waals surface area contributed by atoms with Crippen molar-refractivity contribution in [3.05, 3.63) is 45.8 Å². The first-order chi connectivity index (χ1) is 9.58. The summed E-state index contributed by atoms with van der Waals surface area (Å²) in [5, 5.41) is 2.81. The standard InChI is InChI=1S/C14H16N4O2/c1-8-5-6-15-12(11(8)9-3-4-9)17-13(19)10-7-16-14(20)18(10)2/h5-7,9H,3-4H2,1-2H3,(H,16,20)(H,15,17,19). The van der Waals surface area contributed by atoms with Crippen LogP contribution in [-0.4, -0.2) is 20.4 Å². The first kappa shape index (κ1) is 12.7. The number of hydrogen-bond acceptors (Lipinski definition) is 3. The van der Waals surface area contributed by atoms with Gasteiger partial charge in [0, 0.05) is 25.0 Å². The number of aryl methyl sites for hydroxylation is 1. The summed E-state index contributed by atoms with van der Waals surface area (Å²) >= 11 is 0. The molecule has 2 N–H and O–H groups in total. The van der Waals surface area contributed by atoms with E-state index in [1.807, 2.05) is 13.0 Å². The molecule has 20 heavy (non-hydrogen) atoms. The lowest BCUT2D eigenvalue weighted by Gasteiger charge is -2.11. The molecule has 0 bridgehead atoms. The number of amides is 1. The van der Waals surface area contributed by atoms with Crippen molar-refractivity contribution >= 4 is 11.7 Å². The van der Waals surface area contributed by atoms with Gasteiger partial charge in [-0.25, -0.2) is 9.78 Å². The van der Waals surface area contributed by atoms with Crippen LogP contribution in [0.1, 0.15) is 40.4 Å². The second kappa shape index (κ2) is 4.63. The van der Waals surface area contributed by atoms with Crippen molar-refractivity contribution < 1.29 is 4.79 Å². The predicted molar refractivity (Wildman–Crippen MR) is 74.9 cm³/mol. The molecule has 0 unspecified atom stereocenters. The van der Waals surface area contributed by atoms with Crippen LogP contribution < -0.4 is 11.0 Å². The average molecular weight is 272 g/mol. The van der Waals surface area contributed by atoms with Crippen molar-refractivity contribution in [2.24, 2.45) is 7.05 Å². The van der Waals surface area contributed by atoms with Crippen LogP contribution in [0.2, 0.25) is 0 Å². The smallest absolute Gasteiger partial charge is 0.312 e. The Hall–Kier alpha value is -2.37. The molecule has 0 radical (unpaired) electrons. The number of rotatable bonds is 3. The van der Waals surface area contributed by atoms with Gasteiger partial charge < -0.3 is 10.3 Å². The number of aromatic nitrogens is 3. The molecule has 0 spiro atoms. The van der Waals surface area contributed by atoms with E-state index in [0.29, 0.717) is 17.4 Å². The maximum Gasteiger partial charge on any atom is 0.325 e. The van der Waals surface area contributed by atoms with Gasteiger partial charge in [-0.3, -0.25) is 9.36 Å².